The van der Waals surface area contributed by atoms with Crippen molar-refractivity contribution in [1.29, 1.82) is 0 Å². The number of rotatable bonds is 5. The lowest BCUT2D eigenvalue weighted by atomic mass is 10.1. The van der Waals surface area contributed by atoms with Crippen LogP contribution in [-0.4, -0.2) is 32.9 Å². The SMILES string of the molecule is COC(=O)C1(CN(C)c2ccc(SC)cc2)CC1. The molecular formula is C14H19NO2S. The highest BCUT2D eigenvalue weighted by molar-refractivity contribution is 7.98. The molecule has 0 N–H and O–H groups in total. The lowest BCUT2D eigenvalue weighted by molar-refractivity contribution is -0.146. The second-order valence-corrected chi connectivity index (χ2v) is 5.71. The van der Waals surface area contributed by atoms with Crippen molar-refractivity contribution in [2.45, 2.75) is 17.7 Å². The van der Waals surface area contributed by atoms with Gasteiger partial charge >= 0.3 is 5.97 Å². The number of ether oxygens (including phenoxy) is 1. The maximum Gasteiger partial charge on any atom is 0.313 e. The Hall–Kier alpha value is -1.16. The Morgan fingerprint density at radius 2 is 2.00 bits per heavy atom. The van der Waals surface area contributed by atoms with Gasteiger partial charge in [-0.05, 0) is 43.4 Å². The number of esters is 1. The predicted molar refractivity (Wildman–Crippen MR) is 75.2 cm³/mol. The van der Waals surface area contributed by atoms with Gasteiger partial charge in [-0.1, -0.05) is 0 Å². The number of carbonyl (C=O) groups excluding carboxylic acids is 1. The van der Waals surface area contributed by atoms with E-state index in [1.54, 1.807) is 11.8 Å². The predicted octanol–water partition coefficient (Wildman–Crippen LogP) is 2.80. The van der Waals surface area contributed by atoms with Crippen molar-refractivity contribution in [1.82, 2.24) is 0 Å². The molecule has 0 atom stereocenters. The van der Waals surface area contributed by atoms with E-state index < -0.39 is 0 Å². The van der Waals surface area contributed by atoms with E-state index in [4.69, 9.17) is 4.74 Å². The molecule has 2 rings (SSSR count). The Bertz CT molecular complexity index is 426. The molecule has 0 unspecified atom stereocenters. The minimum absolute atomic E-state index is 0.0740. The smallest absolute Gasteiger partial charge is 0.313 e. The molecule has 0 aromatic heterocycles. The van der Waals surface area contributed by atoms with Crippen molar-refractivity contribution < 1.29 is 9.53 Å². The van der Waals surface area contributed by atoms with Gasteiger partial charge in [0, 0.05) is 24.2 Å². The fraction of sp³-hybridized carbons (Fsp3) is 0.500. The Labute approximate surface area is 113 Å². The van der Waals surface area contributed by atoms with Crippen LogP contribution >= 0.6 is 11.8 Å². The second kappa shape index (κ2) is 5.22. The molecule has 1 aromatic carbocycles. The highest BCUT2D eigenvalue weighted by Crippen LogP contribution is 2.47. The third-order valence-corrected chi connectivity index (χ3v) is 4.27. The maximum atomic E-state index is 11.7. The van der Waals surface area contributed by atoms with Gasteiger partial charge in [-0.15, -0.1) is 11.8 Å². The molecule has 1 fully saturated rings. The number of benzene rings is 1. The lowest BCUT2D eigenvalue weighted by Gasteiger charge is -2.24. The number of carbonyl (C=O) groups is 1. The van der Waals surface area contributed by atoms with Gasteiger partial charge < -0.3 is 9.64 Å². The number of hydrogen-bond acceptors (Lipinski definition) is 4. The number of nitrogens with zero attached hydrogens (tertiary/aromatic N) is 1. The molecule has 18 heavy (non-hydrogen) atoms. The van der Waals surface area contributed by atoms with Crippen LogP contribution in [0.4, 0.5) is 5.69 Å². The summed E-state index contributed by atoms with van der Waals surface area (Å²) < 4.78 is 4.88. The molecule has 0 saturated heterocycles. The van der Waals surface area contributed by atoms with E-state index in [0.717, 1.165) is 25.1 Å². The minimum Gasteiger partial charge on any atom is -0.469 e. The Morgan fingerprint density at radius 3 is 2.44 bits per heavy atom. The number of anilines is 1. The van der Waals surface area contributed by atoms with E-state index in [2.05, 4.69) is 35.4 Å². The summed E-state index contributed by atoms with van der Waals surface area (Å²) in [5.74, 6) is -0.0740. The van der Waals surface area contributed by atoms with Gasteiger partial charge in [-0.2, -0.15) is 0 Å². The van der Waals surface area contributed by atoms with Crippen molar-refractivity contribution in [2.24, 2.45) is 5.41 Å². The zero-order valence-electron chi connectivity index (χ0n) is 11.1. The number of hydrogen-bond donors (Lipinski definition) is 0. The molecule has 0 spiro atoms. The monoisotopic (exact) mass is 265 g/mol. The third kappa shape index (κ3) is 2.64. The molecule has 4 heteroatoms. The molecule has 1 aliphatic rings. The first kappa shape index (κ1) is 13.3. The summed E-state index contributed by atoms with van der Waals surface area (Å²) >= 11 is 1.73. The van der Waals surface area contributed by atoms with E-state index in [1.807, 2.05) is 7.05 Å². The van der Waals surface area contributed by atoms with Crippen molar-refractivity contribution >= 4 is 23.4 Å². The normalized spacial score (nSPS) is 16.2. The molecule has 0 radical (unpaired) electrons. The number of thioether (sulfide) groups is 1. The van der Waals surface area contributed by atoms with Crippen LogP contribution < -0.4 is 4.90 Å². The van der Waals surface area contributed by atoms with Gasteiger partial charge in [0.1, 0.15) is 0 Å². The topological polar surface area (TPSA) is 29.5 Å². The molecule has 0 aliphatic heterocycles. The fourth-order valence-electron chi connectivity index (χ4n) is 2.18. The van der Waals surface area contributed by atoms with Crippen LogP contribution in [0.5, 0.6) is 0 Å². The first-order valence-electron chi connectivity index (χ1n) is 6.05. The zero-order chi connectivity index (χ0) is 13.2. The summed E-state index contributed by atoms with van der Waals surface area (Å²) in [6.45, 7) is 0.734. The molecule has 0 heterocycles. The van der Waals surface area contributed by atoms with E-state index in [9.17, 15) is 4.79 Å². The first-order valence-corrected chi connectivity index (χ1v) is 7.27. The first-order chi connectivity index (χ1) is 8.61. The molecule has 98 valence electrons. The van der Waals surface area contributed by atoms with Gasteiger partial charge in [0.25, 0.3) is 0 Å². The van der Waals surface area contributed by atoms with Crippen LogP contribution in [0, 0.1) is 5.41 Å². The zero-order valence-corrected chi connectivity index (χ0v) is 11.9. The Morgan fingerprint density at radius 1 is 1.39 bits per heavy atom. The van der Waals surface area contributed by atoms with E-state index in [1.165, 1.54) is 12.0 Å². The van der Waals surface area contributed by atoms with Crippen LogP contribution in [0.25, 0.3) is 0 Å². The summed E-state index contributed by atoms with van der Waals surface area (Å²) in [6, 6.07) is 8.40. The average molecular weight is 265 g/mol. The quantitative estimate of drug-likeness (QED) is 0.605. The molecule has 1 aromatic rings. The number of methoxy groups -OCH3 is 1. The van der Waals surface area contributed by atoms with E-state index >= 15 is 0 Å². The summed E-state index contributed by atoms with van der Waals surface area (Å²) in [6.07, 6.45) is 3.94. The van der Waals surface area contributed by atoms with Crippen molar-refractivity contribution in [2.75, 3.05) is 31.9 Å². The average Bonchev–Trinajstić information content (AvgIpc) is 3.18. The van der Waals surface area contributed by atoms with E-state index in [-0.39, 0.29) is 11.4 Å². The van der Waals surface area contributed by atoms with Gasteiger partial charge in [0.15, 0.2) is 0 Å². The second-order valence-electron chi connectivity index (χ2n) is 4.83. The van der Waals surface area contributed by atoms with E-state index in [0.29, 0.717) is 0 Å². The van der Waals surface area contributed by atoms with Crippen molar-refractivity contribution in [3.05, 3.63) is 24.3 Å². The largest absolute Gasteiger partial charge is 0.469 e. The van der Waals surface area contributed by atoms with Crippen molar-refractivity contribution in [3.63, 3.8) is 0 Å². The van der Waals surface area contributed by atoms with Gasteiger partial charge in [-0.25, -0.2) is 0 Å². The molecular weight excluding hydrogens is 246 g/mol. The van der Waals surface area contributed by atoms with Gasteiger partial charge in [0.05, 0.1) is 12.5 Å². The Balaban J connectivity index is 2.03. The van der Waals surface area contributed by atoms with Gasteiger partial charge in [0.2, 0.25) is 0 Å². The van der Waals surface area contributed by atoms with Crippen LogP contribution in [-0.2, 0) is 9.53 Å². The Kier molecular flexibility index (Phi) is 3.85. The summed E-state index contributed by atoms with van der Waals surface area (Å²) in [5.41, 5.74) is 0.879. The molecule has 1 aliphatic carbocycles. The summed E-state index contributed by atoms with van der Waals surface area (Å²) in [7, 11) is 3.49. The van der Waals surface area contributed by atoms with Crippen LogP contribution in [0.1, 0.15) is 12.8 Å². The van der Waals surface area contributed by atoms with Gasteiger partial charge in [-0.3, -0.25) is 4.79 Å². The highest BCUT2D eigenvalue weighted by atomic mass is 32.2. The standard InChI is InChI=1S/C14H19NO2S/c1-15(10-14(8-9-14)13(16)17-2)11-4-6-12(18-3)7-5-11/h4-7H,8-10H2,1-3H3. The highest BCUT2D eigenvalue weighted by Gasteiger charge is 2.51. The molecule has 0 amide bonds. The molecule has 3 nitrogen and oxygen atoms in total. The lowest BCUT2D eigenvalue weighted by Crippen LogP contribution is -2.32. The summed E-state index contributed by atoms with van der Waals surface area (Å²) in [4.78, 5) is 15.1. The third-order valence-electron chi connectivity index (χ3n) is 3.52. The molecule has 1 saturated carbocycles. The fourth-order valence-corrected chi connectivity index (χ4v) is 2.58. The maximum absolute atomic E-state index is 11.7. The van der Waals surface area contributed by atoms with Crippen LogP contribution in [0.3, 0.4) is 0 Å². The summed E-state index contributed by atoms with van der Waals surface area (Å²) in [5, 5.41) is 0. The minimum atomic E-state index is -0.262. The van der Waals surface area contributed by atoms with Crippen molar-refractivity contribution in [3.8, 4) is 0 Å². The van der Waals surface area contributed by atoms with Crippen LogP contribution in [0.2, 0.25) is 0 Å². The van der Waals surface area contributed by atoms with Crippen LogP contribution in [0.15, 0.2) is 29.2 Å². The molecule has 0 bridgehead atoms.